The second-order valence-electron chi connectivity index (χ2n) is 5.54. The molecule has 1 amide bonds. The Balaban J connectivity index is 2.03. The van der Waals surface area contributed by atoms with Crippen molar-refractivity contribution in [1.82, 2.24) is 10.5 Å². The zero-order valence-corrected chi connectivity index (χ0v) is 11.7. The molecule has 1 aromatic carbocycles. The van der Waals surface area contributed by atoms with Crippen LogP contribution in [0.2, 0.25) is 0 Å². The number of benzene rings is 1. The summed E-state index contributed by atoms with van der Waals surface area (Å²) in [5.41, 5.74) is 2.12. The zero-order valence-electron chi connectivity index (χ0n) is 11.7. The van der Waals surface area contributed by atoms with Crippen molar-refractivity contribution in [2.45, 2.75) is 38.6 Å². The summed E-state index contributed by atoms with van der Waals surface area (Å²) in [6.45, 7) is 4.01. The van der Waals surface area contributed by atoms with E-state index >= 15 is 0 Å². The van der Waals surface area contributed by atoms with Crippen molar-refractivity contribution in [3.05, 3.63) is 41.7 Å². The molecule has 1 fully saturated rings. The summed E-state index contributed by atoms with van der Waals surface area (Å²) in [7, 11) is 0. The molecule has 4 heteroatoms. The SMILES string of the molecule is CC(C)c1onc(-c2ccccc2)c1C(=O)NC1CC1. The third kappa shape index (κ3) is 2.46. The first-order chi connectivity index (χ1) is 9.66. The molecule has 4 nitrogen and oxygen atoms in total. The average Bonchev–Trinajstić information content (AvgIpc) is 3.14. The first kappa shape index (κ1) is 12.9. The fourth-order valence-corrected chi connectivity index (χ4v) is 2.19. The van der Waals surface area contributed by atoms with Crippen LogP contribution in [-0.2, 0) is 0 Å². The predicted molar refractivity (Wildman–Crippen MR) is 76.5 cm³/mol. The number of hydrogen-bond acceptors (Lipinski definition) is 3. The maximum absolute atomic E-state index is 12.5. The van der Waals surface area contributed by atoms with Crippen LogP contribution in [0.4, 0.5) is 0 Å². The van der Waals surface area contributed by atoms with E-state index in [0.29, 0.717) is 23.1 Å². The van der Waals surface area contributed by atoms with Gasteiger partial charge in [0, 0.05) is 17.5 Å². The summed E-state index contributed by atoms with van der Waals surface area (Å²) in [4.78, 5) is 12.5. The summed E-state index contributed by atoms with van der Waals surface area (Å²) in [6.07, 6.45) is 2.13. The highest BCUT2D eigenvalue weighted by Crippen LogP contribution is 2.30. The molecule has 0 bridgehead atoms. The number of hydrogen-bond donors (Lipinski definition) is 1. The van der Waals surface area contributed by atoms with Gasteiger partial charge in [-0.1, -0.05) is 49.3 Å². The molecule has 0 saturated heterocycles. The first-order valence-corrected chi connectivity index (χ1v) is 7.02. The van der Waals surface area contributed by atoms with E-state index in [1.54, 1.807) is 0 Å². The molecular weight excluding hydrogens is 252 g/mol. The minimum Gasteiger partial charge on any atom is -0.360 e. The van der Waals surface area contributed by atoms with Gasteiger partial charge in [-0.05, 0) is 12.8 Å². The van der Waals surface area contributed by atoms with E-state index in [0.717, 1.165) is 18.4 Å². The van der Waals surface area contributed by atoms with Crippen molar-refractivity contribution in [2.24, 2.45) is 0 Å². The molecule has 0 aliphatic heterocycles. The van der Waals surface area contributed by atoms with Crippen molar-refractivity contribution in [2.75, 3.05) is 0 Å². The summed E-state index contributed by atoms with van der Waals surface area (Å²) < 4.78 is 5.42. The van der Waals surface area contributed by atoms with Crippen molar-refractivity contribution in [1.29, 1.82) is 0 Å². The zero-order chi connectivity index (χ0) is 14.1. The lowest BCUT2D eigenvalue weighted by molar-refractivity contribution is 0.0949. The van der Waals surface area contributed by atoms with E-state index in [9.17, 15) is 4.79 Å². The van der Waals surface area contributed by atoms with Gasteiger partial charge in [-0.3, -0.25) is 4.79 Å². The molecule has 0 unspecified atom stereocenters. The fraction of sp³-hybridized carbons (Fsp3) is 0.375. The maximum atomic E-state index is 12.5. The highest BCUT2D eigenvalue weighted by Gasteiger charge is 2.30. The fourth-order valence-electron chi connectivity index (χ4n) is 2.19. The number of amides is 1. The number of carbonyl (C=O) groups is 1. The summed E-state index contributed by atoms with van der Waals surface area (Å²) in [5.74, 6) is 0.707. The van der Waals surface area contributed by atoms with Crippen LogP contribution in [0.5, 0.6) is 0 Å². The minimum absolute atomic E-state index is 0.0729. The molecule has 0 radical (unpaired) electrons. The van der Waals surface area contributed by atoms with E-state index in [-0.39, 0.29) is 11.8 Å². The van der Waals surface area contributed by atoms with Gasteiger partial charge >= 0.3 is 0 Å². The number of aromatic nitrogens is 1. The van der Waals surface area contributed by atoms with Crippen LogP contribution in [0.3, 0.4) is 0 Å². The molecule has 1 saturated carbocycles. The molecular formula is C16H18N2O2. The number of carbonyl (C=O) groups excluding carboxylic acids is 1. The van der Waals surface area contributed by atoms with Crippen molar-refractivity contribution in [3.63, 3.8) is 0 Å². The number of nitrogens with zero attached hydrogens (tertiary/aromatic N) is 1. The maximum Gasteiger partial charge on any atom is 0.257 e. The lowest BCUT2D eigenvalue weighted by atomic mass is 10.0. The van der Waals surface area contributed by atoms with Crippen LogP contribution in [0.15, 0.2) is 34.9 Å². The van der Waals surface area contributed by atoms with Gasteiger partial charge in [0.15, 0.2) is 5.76 Å². The lowest BCUT2D eigenvalue weighted by Gasteiger charge is -2.07. The second-order valence-corrected chi connectivity index (χ2v) is 5.54. The van der Waals surface area contributed by atoms with Gasteiger partial charge in [-0.15, -0.1) is 0 Å². The van der Waals surface area contributed by atoms with Gasteiger partial charge in [0.1, 0.15) is 11.3 Å². The summed E-state index contributed by atoms with van der Waals surface area (Å²) in [6, 6.07) is 10.0. The summed E-state index contributed by atoms with van der Waals surface area (Å²) >= 11 is 0. The molecule has 0 spiro atoms. The van der Waals surface area contributed by atoms with Crippen molar-refractivity contribution < 1.29 is 9.32 Å². The van der Waals surface area contributed by atoms with Crippen LogP contribution < -0.4 is 5.32 Å². The third-order valence-electron chi connectivity index (χ3n) is 3.43. The molecule has 104 valence electrons. The molecule has 3 rings (SSSR count). The molecule has 1 aliphatic rings. The normalized spacial score (nSPS) is 14.6. The topological polar surface area (TPSA) is 55.1 Å². The minimum atomic E-state index is -0.0729. The van der Waals surface area contributed by atoms with E-state index in [1.807, 2.05) is 44.2 Å². The second kappa shape index (κ2) is 5.12. The Bertz CT molecular complexity index is 613. The van der Waals surface area contributed by atoms with Gasteiger partial charge in [-0.25, -0.2) is 0 Å². The van der Waals surface area contributed by atoms with E-state index < -0.39 is 0 Å². The molecule has 1 heterocycles. The van der Waals surface area contributed by atoms with Crippen LogP contribution >= 0.6 is 0 Å². The number of rotatable bonds is 4. The van der Waals surface area contributed by atoms with Gasteiger partial charge in [0.05, 0.1) is 0 Å². The smallest absolute Gasteiger partial charge is 0.257 e. The highest BCUT2D eigenvalue weighted by atomic mass is 16.5. The molecule has 2 aromatic rings. The summed E-state index contributed by atoms with van der Waals surface area (Å²) in [5, 5.41) is 7.14. The Hall–Kier alpha value is -2.10. The largest absolute Gasteiger partial charge is 0.360 e. The van der Waals surface area contributed by atoms with Crippen molar-refractivity contribution in [3.8, 4) is 11.3 Å². The van der Waals surface area contributed by atoms with E-state index in [4.69, 9.17) is 4.52 Å². The Labute approximate surface area is 118 Å². The Morgan fingerprint density at radius 3 is 2.60 bits per heavy atom. The van der Waals surface area contributed by atoms with Crippen LogP contribution in [0.25, 0.3) is 11.3 Å². The molecule has 1 aliphatic carbocycles. The van der Waals surface area contributed by atoms with Gasteiger partial charge in [0.2, 0.25) is 0 Å². The molecule has 1 aromatic heterocycles. The highest BCUT2D eigenvalue weighted by molar-refractivity contribution is 6.01. The molecule has 0 atom stereocenters. The van der Waals surface area contributed by atoms with Gasteiger partial charge in [-0.2, -0.15) is 0 Å². The number of nitrogens with one attached hydrogen (secondary N) is 1. The monoisotopic (exact) mass is 270 g/mol. The average molecular weight is 270 g/mol. The van der Waals surface area contributed by atoms with Gasteiger partial charge in [0.25, 0.3) is 5.91 Å². The first-order valence-electron chi connectivity index (χ1n) is 7.02. The van der Waals surface area contributed by atoms with Crippen LogP contribution in [-0.4, -0.2) is 17.1 Å². The predicted octanol–water partition coefficient (Wildman–Crippen LogP) is 3.36. The van der Waals surface area contributed by atoms with Crippen LogP contribution in [0, 0.1) is 0 Å². The van der Waals surface area contributed by atoms with Crippen molar-refractivity contribution >= 4 is 5.91 Å². The lowest BCUT2D eigenvalue weighted by Crippen LogP contribution is -2.26. The quantitative estimate of drug-likeness (QED) is 0.926. The van der Waals surface area contributed by atoms with Crippen LogP contribution in [0.1, 0.15) is 48.7 Å². The molecule has 1 N–H and O–H groups in total. The van der Waals surface area contributed by atoms with Gasteiger partial charge < -0.3 is 9.84 Å². The Morgan fingerprint density at radius 1 is 1.30 bits per heavy atom. The Kier molecular flexibility index (Phi) is 3.30. The van der Waals surface area contributed by atoms with E-state index in [2.05, 4.69) is 10.5 Å². The molecule has 20 heavy (non-hydrogen) atoms. The third-order valence-corrected chi connectivity index (χ3v) is 3.43. The standard InChI is InChI=1S/C16H18N2O2/c1-10(2)15-13(16(19)17-12-8-9-12)14(18-20-15)11-6-4-3-5-7-11/h3-7,10,12H,8-9H2,1-2H3,(H,17,19). The van der Waals surface area contributed by atoms with E-state index in [1.165, 1.54) is 0 Å². The Morgan fingerprint density at radius 2 is 2.00 bits per heavy atom.